The minimum atomic E-state index is -0.235. The van der Waals surface area contributed by atoms with E-state index in [2.05, 4.69) is 5.32 Å². The van der Waals surface area contributed by atoms with Crippen LogP contribution < -0.4 is 5.32 Å². The molecule has 1 amide bonds. The quantitative estimate of drug-likeness (QED) is 0.745. The predicted molar refractivity (Wildman–Crippen MR) is 80.4 cm³/mol. The van der Waals surface area contributed by atoms with E-state index in [0.29, 0.717) is 21.9 Å². The third-order valence-electron chi connectivity index (χ3n) is 3.10. The number of furan rings is 1. The molecule has 1 heterocycles. The van der Waals surface area contributed by atoms with Gasteiger partial charge in [0.05, 0.1) is 16.3 Å². The maximum atomic E-state index is 12.3. The summed E-state index contributed by atoms with van der Waals surface area (Å²) in [6.45, 7) is 1.95. The average Bonchev–Trinajstić information content (AvgIpc) is 2.86. The fourth-order valence-corrected chi connectivity index (χ4v) is 2.35. The zero-order valence-electron chi connectivity index (χ0n) is 10.8. The number of para-hydroxylation sites is 1. The van der Waals surface area contributed by atoms with Crippen LogP contribution in [0.4, 0.5) is 5.69 Å². The van der Waals surface area contributed by atoms with Gasteiger partial charge in [-0.3, -0.25) is 4.79 Å². The van der Waals surface area contributed by atoms with E-state index in [1.54, 1.807) is 6.07 Å². The molecular weight excluding hydrogens is 274 g/mol. The van der Waals surface area contributed by atoms with Gasteiger partial charge in [-0.05, 0) is 30.7 Å². The van der Waals surface area contributed by atoms with Gasteiger partial charge in [-0.15, -0.1) is 0 Å². The normalized spacial score (nSPS) is 10.7. The highest BCUT2D eigenvalue weighted by atomic mass is 35.5. The van der Waals surface area contributed by atoms with Crippen LogP contribution in [0.5, 0.6) is 0 Å². The molecule has 0 spiro atoms. The van der Waals surface area contributed by atoms with E-state index in [1.807, 2.05) is 43.3 Å². The molecule has 0 bridgehead atoms. The summed E-state index contributed by atoms with van der Waals surface area (Å²) in [5.74, 6) is -0.235. The summed E-state index contributed by atoms with van der Waals surface area (Å²) in [6, 6.07) is 12.9. The number of aryl methyl sites for hydroxylation is 1. The van der Waals surface area contributed by atoms with E-state index < -0.39 is 0 Å². The number of hydrogen-bond donors (Lipinski definition) is 1. The summed E-state index contributed by atoms with van der Waals surface area (Å²) in [4.78, 5) is 12.3. The van der Waals surface area contributed by atoms with Gasteiger partial charge in [-0.1, -0.05) is 35.9 Å². The summed E-state index contributed by atoms with van der Waals surface area (Å²) >= 11 is 6.12. The number of carbonyl (C=O) groups is 1. The predicted octanol–water partition coefficient (Wildman–Crippen LogP) is 4.65. The van der Waals surface area contributed by atoms with Gasteiger partial charge in [-0.25, -0.2) is 0 Å². The van der Waals surface area contributed by atoms with E-state index in [4.69, 9.17) is 16.0 Å². The minimum Gasteiger partial charge on any atom is -0.463 e. The average molecular weight is 286 g/mol. The number of hydrogen-bond acceptors (Lipinski definition) is 2. The van der Waals surface area contributed by atoms with E-state index in [-0.39, 0.29) is 5.91 Å². The molecule has 0 saturated heterocycles. The van der Waals surface area contributed by atoms with Crippen LogP contribution in [0.25, 0.3) is 11.0 Å². The molecule has 100 valence electrons. The van der Waals surface area contributed by atoms with Gasteiger partial charge in [0.1, 0.15) is 11.8 Å². The second-order valence-corrected chi connectivity index (χ2v) is 4.99. The highest BCUT2D eigenvalue weighted by Crippen LogP contribution is 2.25. The second kappa shape index (κ2) is 5.02. The van der Waals surface area contributed by atoms with Crippen LogP contribution in [0.2, 0.25) is 5.02 Å². The van der Waals surface area contributed by atoms with Crippen LogP contribution >= 0.6 is 11.6 Å². The molecule has 0 aliphatic carbocycles. The lowest BCUT2D eigenvalue weighted by molar-refractivity contribution is 0.102. The first kappa shape index (κ1) is 12.8. The zero-order chi connectivity index (χ0) is 14.1. The molecule has 3 nitrogen and oxygen atoms in total. The van der Waals surface area contributed by atoms with E-state index >= 15 is 0 Å². The van der Waals surface area contributed by atoms with Gasteiger partial charge < -0.3 is 9.73 Å². The Morgan fingerprint density at radius 2 is 2.00 bits per heavy atom. The number of anilines is 1. The molecule has 0 radical (unpaired) electrons. The Morgan fingerprint density at radius 3 is 2.80 bits per heavy atom. The molecule has 0 aliphatic rings. The van der Waals surface area contributed by atoms with Crippen LogP contribution in [-0.2, 0) is 0 Å². The number of halogens is 1. The van der Waals surface area contributed by atoms with Crippen molar-refractivity contribution in [1.29, 1.82) is 0 Å². The number of benzene rings is 2. The van der Waals surface area contributed by atoms with Gasteiger partial charge in [0, 0.05) is 5.39 Å². The van der Waals surface area contributed by atoms with Crippen molar-refractivity contribution in [2.45, 2.75) is 6.92 Å². The van der Waals surface area contributed by atoms with Gasteiger partial charge in [0.2, 0.25) is 0 Å². The molecule has 0 fully saturated rings. The Morgan fingerprint density at radius 1 is 1.20 bits per heavy atom. The lowest BCUT2D eigenvalue weighted by atomic mass is 10.1. The molecule has 20 heavy (non-hydrogen) atoms. The smallest absolute Gasteiger partial charge is 0.259 e. The summed E-state index contributed by atoms with van der Waals surface area (Å²) in [5, 5.41) is 4.11. The molecule has 0 saturated carbocycles. The van der Waals surface area contributed by atoms with Gasteiger partial charge >= 0.3 is 0 Å². The first-order chi connectivity index (χ1) is 9.65. The van der Waals surface area contributed by atoms with E-state index in [9.17, 15) is 4.79 Å². The SMILES string of the molecule is Cc1ccc(NC(=O)c2coc3ccccc23)c(Cl)c1. The minimum absolute atomic E-state index is 0.235. The van der Waals surface area contributed by atoms with Crippen LogP contribution in [0.1, 0.15) is 15.9 Å². The van der Waals surface area contributed by atoms with Crippen molar-refractivity contribution >= 4 is 34.2 Å². The van der Waals surface area contributed by atoms with Crippen molar-refractivity contribution < 1.29 is 9.21 Å². The Labute approximate surface area is 121 Å². The Hall–Kier alpha value is -2.26. The maximum Gasteiger partial charge on any atom is 0.259 e. The number of carbonyl (C=O) groups excluding carboxylic acids is 1. The summed E-state index contributed by atoms with van der Waals surface area (Å²) in [5.41, 5.74) is 2.82. The third-order valence-corrected chi connectivity index (χ3v) is 3.41. The van der Waals surface area contributed by atoms with Crippen molar-refractivity contribution in [3.8, 4) is 0 Å². The van der Waals surface area contributed by atoms with Crippen molar-refractivity contribution in [3.05, 3.63) is 64.9 Å². The van der Waals surface area contributed by atoms with Crippen molar-refractivity contribution in [1.82, 2.24) is 0 Å². The summed E-state index contributed by atoms with van der Waals surface area (Å²) in [6.07, 6.45) is 1.46. The Kier molecular flexibility index (Phi) is 3.20. The van der Waals surface area contributed by atoms with Crippen molar-refractivity contribution in [3.63, 3.8) is 0 Å². The van der Waals surface area contributed by atoms with Crippen LogP contribution in [0.15, 0.2) is 53.1 Å². The van der Waals surface area contributed by atoms with Crippen LogP contribution in [0, 0.1) is 6.92 Å². The van der Waals surface area contributed by atoms with Crippen LogP contribution in [0.3, 0.4) is 0 Å². The Balaban J connectivity index is 1.93. The molecule has 2 aromatic carbocycles. The van der Waals surface area contributed by atoms with Gasteiger partial charge in [0.25, 0.3) is 5.91 Å². The third kappa shape index (κ3) is 2.28. The van der Waals surface area contributed by atoms with Gasteiger partial charge in [0.15, 0.2) is 0 Å². The molecule has 3 rings (SSSR count). The molecule has 1 aromatic heterocycles. The lowest BCUT2D eigenvalue weighted by Crippen LogP contribution is -2.11. The number of rotatable bonds is 2. The monoisotopic (exact) mass is 285 g/mol. The maximum absolute atomic E-state index is 12.3. The number of nitrogens with one attached hydrogen (secondary N) is 1. The number of amides is 1. The highest BCUT2D eigenvalue weighted by Gasteiger charge is 2.14. The molecule has 3 aromatic rings. The van der Waals surface area contributed by atoms with E-state index in [1.165, 1.54) is 6.26 Å². The van der Waals surface area contributed by atoms with Crippen molar-refractivity contribution in [2.75, 3.05) is 5.32 Å². The molecular formula is C16H12ClNO2. The standard InChI is InChI=1S/C16H12ClNO2/c1-10-6-7-14(13(17)8-10)18-16(19)12-9-20-15-5-3-2-4-11(12)15/h2-9H,1H3,(H,18,19). The first-order valence-electron chi connectivity index (χ1n) is 6.19. The second-order valence-electron chi connectivity index (χ2n) is 4.58. The van der Waals surface area contributed by atoms with Crippen molar-refractivity contribution in [2.24, 2.45) is 0 Å². The molecule has 1 N–H and O–H groups in total. The lowest BCUT2D eigenvalue weighted by Gasteiger charge is -2.06. The fraction of sp³-hybridized carbons (Fsp3) is 0.0625. The molecule has 0 atom stereocenters. The summed E-state index contributed by atoms with van der Waals surface area (Å²) < 4.78 is 5.36. The first-order valence-corrected chi connectivity index (χ1v) is 6.56. The zero-order valence-corrected chi connectivity index (χ0v) is 11.6. The Bertz CT molecular complexity index is 792. The topological polar surface area (TPSA) is 42.2 Å². The van der Waals surface area contributed by atoms with Gasteiger partial charge in [-0.2, -0.15) is 0 Å². The highest BCUT2D eigenvalue weighted by molar-refractivity contribution is 6.34. The molecule has 4 heteroatoms. The molecule has 0 unspecified atom stereocenters. The number of fused-ring (bicyclic) bond motifs is 1. The molecule has 0 aliphatic heterocycles. The van der Waals surface area contributed by atoms with Crippen LogP contribution in [-0.4, -0.2) is 5.91 Å². The fourth-order valence-electron chi connectivity index (χ4n) is 2.06. The summed E-state index contributed by atoms with van der Waals surface area (Å²) in [7, 11) is 0. The van der Waals surface area contributed by atoms with E-state index in [0.717, 1.165) is 10.9 Å². The largest absolute Gasteiger partial charge is 0.463 e.